The van der Waals surface area contributed by atoms with Crippen molar-refractivity contribution in [2.75, 3.05) is 7.11 Å². The molecule has 0 radical (unpaired) electrons. The van der Waals surface area contributed by atoms with E-state index in [9.17, 15) is 8.60 Å². The van der Waals surface area contributed by atoms with E-state index in [2.05, 4.69) is 0 Å². The summed E-state index contributed by atoms with van der Waals surface area (Å²) in [4.78, 5) is 0.599. The molecule has 1 unspecified atom stereocenters. The van der Waals surface area contributed by atoms with Gasteiger partial charge in [-0.05, 0) is 35.4 Å². The van der Waals surface area contributed by atoms with E-state index in [0.29, 0.717) is 22.8 Å². The number of methoxy groups -OCH3 is 1. The topological polar surface area (TPSA) is 52.3 Å². The van der Waals surface area contributed by atoms with Crippen molar-refractivity contribution in [1.82, 2.24) is 0 Å². The van der Waals surface area contributed by atoms with Gasteiger partial charge in [0.1, 0.15) is 11.6 Å². The van der Waals surface area contributed by atoms with Gasteiger partial charge >= 0.3 is 0 Å². The molecule has 106 valence electrons. The van der Waals surface area contributed by atoms with Gasteiger partial charge in [-0.2, -0.15) is 0 Å². The van der Waals surface area contributed by atoms with Gasteiger partial charge in [0.2, 0.25) is 0 Å². The van der Waals surface area contributed by atoms with Crippen molar-refractivity contribution in [3.8, 4) is 5.75 Å². The smallest absolute Gasteiger partial charge is 0.134 e. The van der Waals surface area contributed by atoms with Gasteiger partial charge in [-0.15, -0.1) is 0 Å². The molecule has 2 aromatic rings. The summed E-state index contributed by atoms with van der Waals surface area (Å²) >= 11 is 0. The average molecular weight is 293 g/mol. The molecule has 5 heteroatoms. The normalized spacial score (nSPS) is 12.2. The van der Waals surface area contributed by atoms with Crippen molar-refractivity contribution < 1.29 is 13.3 Å². The number of hydrogen-bond donors (Lipinski definition) is 1. The van der Waals surface area contributed by atoms with Gasteiger partial charge in [0.25, 0.3) is 0 Å². The summed E-state index contributed by atoms with van der Waals surface area (Å²) < 4.78 is 31.0. The Morgan fingerprint density at radius 1 is 1.20 bits per heavy atom. The number of nitrogens with two attached hydrogens (primary N) is 1. The molecule has 0 heterocycles. The van der Waals surface area contributed by atoms with Crippen molar-refractivity contribution in [3.05, 3.63) is 59.4 Å². The van der Waals surface area contributed by atoms with Crippen molar-refractivity contribution in [2.45, 2.75) is 17.2 Å². The molecule has 0 aliphatic heterocycles. The van der Waals surface area contributed by atoms with Crippen LogP contribution in [0.3, 0.4) is 0 Å². The molecule has 2 N–H and O–H groups in total. The molecule has 20 heavy (non-hydrogen) atoms. The van der Waals surface area contributed by atoms with Crippen LogP contribution in [-0.2, 0) is 23.1 Å². The highest BCUT2D eigenvalue weighted by Gasteiger charge is 2.13. The Kier molecular flexibility index (Phi) is 4.87. The van der Waals surface area contributed by atoms with E-state index in [-0.39, 0.29) is 11.6 Å². The molecule has 0 aliphatic carbocycles. The van der Waals surface area contributed by atoms with Gasteiger partial charge in [-0.25, -0.2) is 4.39 Å². The fourth-order valence-corrected chi connectivity index (χ4v) is 3.27. The Bertz CT molecular complexity index is 631. The van der Waals surface area contributed by atoms with Gasteiger partial charge in [0.05, 0.1) is 28.6 Å². The third-order valence-corrected chi connectivity index (χ3v) is 4.39. The first-order chi connectivity index (χ1) is 9.65. The van der Waals surface area contributed by atoms with Crippen LogP contribution in [0.1, 0.15) is 11.1 Å². The highest BCUT2D eigenvalue weighted by atomic mass is 32.2. The number of para-hydroxylation sites is 1. The highest BCUT2D eigenvalue weighted by Crippen LogP contribution is 2.24. The molecule has 0 saturated heterocycles. The van der Waals surface area contributed by atoms with E-state index in [0.717, 1.165) is 5.56 Å². The Morgan fingerprint density at radius 2 is 1.95 bits per heavy atom. The fourth-order valence-electron chi connectivity index (χ4n) is 1.95. The van der Waals surface area contributed by atoms with E-state index in [1.807, 2.05) is 6.07 Å². The predicted octanol–water partition coefficient (Wildman–Crippen LogP) is 2.60. The first-order valence-corrected chi connectivity index (χ1v) is 7.46. The van der Waals surface area contributed by atoms with Crippen molar-refractivity contribution in [3.63, 3.8) is 0 Å². The zero-order valence-electron chi connectivity index (χ0n) is 11.1. The minimum absolute atomic E-state index is 0.213. The summed E-state index contributed by atoms with van der Waals surface area (Å²) in [5, 5.41) is 0. The summed E-state index contributed by atoms with van der Waals surface area (Å²) in [5.41, 5.74) is 7.09. The van der Waals surface area contributed by atoms with Crippen LogP contribution in [0.5, 0.6) is 5.75 Å². The molecule has 3 nitrogen and oxygen atoms in total. The first-order valence-electron chi connectivity index (χ1n) is 6.14. The second-order valence-corrected chi connectivity index (χ2v) is 5.68. The van der Waals surface area contributed by atoms with Crippen molar-refractivity contribution in [2.24, 2.45) is 5.73 Å². The first kappa shape index (κ1) is 14.7. The lowest BCUT2D eigenvalue weighted by molar-refractivity contribution is 0.404. The lowest BCUT2D eigenvalue weighted by Crippen LogP contribution is -2.06. The van der Waals surface area contributed by atoms with Crippen molar-refractivity contribution in [1.29, 1.82) is 0 Å². The van der Waals surface area contributed by atoms with E-state index in [1.54, 1.807) is 24.3 Å². The fraction of sp³-hybridized carbons (Fsp3) is 0.200. The number of ether oxygens (including phenoxy) is 1. The van der Waals surface area contributed by atoms with Gasteiger partial charge in [-0.3, -0.25) is 4.21 Å². The Morgan fingerprint density at radius 3 is 2.65 bits per heavy atom. The number of hydrogen-bond acceptors (Lipinski definition) is 3. The van der Waals surface area contributed by atoms with E-state index >= 15 is 0 Å². The number of halogens is 1. The average Bonchev–Trinajstić information content (AvgIpc) is 2.47. The van der Waals surface area contributed by atoms with Crippen LogP contribution in [0.2, 0.25) is 0 Å². The maximum Gasteiger partial charge on any atom is 0.134 e. The lowest BCUT2D eigenvalue weighted by Gasteiger charge is -2.10. The largest absolute Gasteiger partial charge is 0.495 e. The second-order valence-electron chi connectivity index (χ2n) is 4.26. The SMILES string of the molecule is COc1ccccc1S(=O)Cc1cc(F)ccc1CN. The summed E-state index contributed by atoms with van der Waals surface area (Å²) in [5.74, 6) is 0.427. The molecule has 0 fully saturated rings. The molecule has 0 spiro atoms. The molecule has 0 aromatic heterocycles. The Hall–Kier alpha value is -1.72. The van der Waals surface area contributed by atoms with Crippen LogP contribution in [0.25, 0.3) is 0 Å². The molecular formula is C15H16FNO2S. The highest BCUT2D eigenvalue weighted by molar-refractivity contribution is 7.84. The number of benzene rings is 2. The van der Waals surface area contributed by atoms with Crippen LogP contribution >= 0.6 is 0 Å². The van der Waals surface area contributed by atoms with Gasteiger partial charge in [0, 0.05) is 6.54 Å². The Labute approximate surface area is 120 Å². The summed E-state index contributed by atoms with van der Waals surface area (Å²) in [6.45, 7) is 0.290. The van der Waals surface area contributed by atoms with Crippen LogP contribution in [-0.4, -0.2) is 11.3 Å². The summed E-state index contributed by atoms with van der Waals surface area (Å²) in [6.07, 6.45) is 0. The maximum atomic E-state index is 13.3. The monoisotopic (exact) mass is 293 g/mol. The molecule has 0 saturated carbocycles. The quantitative estimate of drug-likeness (QED) is 0.922. The van der Waals surface area contributed by atoms with Crippen molar-refractivity contribution >= 4 is 10.8 Å². The summed E-state index contributed by atoms with van der Waals surface area (Å²) in [6, 6.07) is 11.5. The minimum Gasteiger partial charge on any atom is -0.495 e. The molecule has 2 rings (SSSR count). The third-order valence-electron chi connectivity index (χ3n) is 2.99. The molecule has 2 aromatic carbocycles. The van der Waals surface area contributed by atoms with Crippen LogP contribution < -0.4 is 10.5 Å². The predicted molar refractivity (Wildman–Crippen MR) is 77.4 cm³/mol. The maximum absolute atomic E-state index is 13.3. The summed E-state index contributed by atoms with van der Waals surface area (Å²) in [7, 11) is 0.218. The zero-order chi connectivity index (χ0) is 14.5. The van der Waals surface area contributed by atoms with E-state index in [1.165, 1.54) is 19.2 Å². The molecular weight excluding hydrogens is 277 g/mol. The lowest BCUT2D eigenvalue weighted by atomic mass is 10.1. The molecule has 0 bridgehead atoms. The van der Waals surface area contributed by atoms with Gasteiger partial charge in [-0.1, -0.05) is 18.2 Å². The van der Waals surface area contributed by atoms with Gasteiger partial charge < -0.3 is 10.5 Å². The van der Waals surface area contributed by atoms with Crippen LogP contribution in [0, 0.1) is 5.82 Å². The molecule has 0 aliphatic rings. The van der Waals surface area contributed by atoms with Gasteiger partial charge in [0.15, 0.2) is 0 Å². The van der Waals surface area contributed by atoms with E-state index in [4.69, 9.17) is 10.5 Å². The number of rotatable bonds is 5. The van der Waals surface area contributed by atoms with Crippen LogP contribution in [0.4, 0.5) is 4.39 Å². The molecule has 0 amide bonds. The van der Waals surface area contributed by atoms with Crippen LogP contribution in [0.15, 0.2) is 47.4 Å². The Balaban J connectivity index is 2.30. The standard InChI is InChI=1S/C15H16FNO2S/c1-19-14-4-2-3-5-15(14)20(18)10-12-8-13(16)7-6-11(12)9-17/h2-8H,9-10,17H2,1H3. The van der Waals surface area contributed by atoms with E-state index < -0.39 is 10.8 Å². The second kappa shape index (κ2) is 6.63. The zero-order valence-corrected chi connectivity index (χ0v) is 12.0. The molecule has 1 atom stereocenters. The third kappa shape index (κ3) is 3.23. The minimum atomic E-state index is -1.31.